The molecule has 6 heteroatoms. The quantitative estimate of drug-likeness (QED) is 0.875. The minimum atomic E-state index is -0.205. The minimum absolute atomic E-state index is 0.101. The van der Waals surface area contributed by atoms with Crippen molar-refractivity contribution in [1.82, 2.24) is 10.1 Å². The fourth-order valence-electron chi connectivity index (χ4n) is 3.23. The van der Waals surface area contributed by atoms with Gasteiger partial charge in [-0.2, -0.15) is 0 Å². The molecule has 1 aromatic heterocycles. The SMILES string of the molecule is Cc1cc(NC(=O)CN(CC2CC2)C(=O)C2CCCCC2)no1. The second-order valence-corrected chi connectivity index (χ2v) is 6.87. The molecule has 126 valence electrons. The standard InChI is InChI=1S/C17H25N3O3/c1-12-9-15(19-23-12)18-16(21)11-20(10-13-7-8-13)17(22)14-5-3-2-4-6-14/h9,13-14H,2-8,10-11H2,1H3,(H,18,19,21). The topological polar surface area (TPSA) is 75.4 Å². The molecule has 0 saturated heterocycles. The first kappa shape index (κ1) is 16.0. The summed E-state index contributed by atoms with van der Waals surface area (Å²) in [5, 5.41) is 6.47. The van der Waals surface area contributed by atoms with Crippen molar-refractivity contribution in [1.29, 1.82) is 0 Å². The summed E-state index contributed by atoms with van der Waals surface area (Å²) in [6.45, 7) is 2.59. The van der Waals surface area contributed by atoms with E-state index in [0.29, 0.717) is 24.0 Å². The normalized spacial score (nSPS) is 18.7. The third-order valence-corrected chi connectivity index (χ3v) is 4.67. The lowest BCUT2D eigenvalue weighted by Gasteiger charge is -2.29. The van der Waals surface area contributed by atoms with Gasteiger partial charge in [-0.1, -0.05) is 24.4 Å². The van der Waals surface area contributed by atoms with Crippen molar-refractivity contribution in [3.05, 3.63) is 11.8 Å². The van der Waals surface area contributed by atoms with Crippen LogP contribution in [0.15, 0.2) is 10.6 Å². The number of carbonyl (C=O) groups excluding carboxylic acids is 2. The summed E-state index contributed by atoms with van der Waals surface area (Å²) < 4.78 is 4.94. The molecule has 0 radical (unpaired) electrons. The molecule has 2 aliphatic carbocycles. The van der Waals surface area contributed by atoms with E-state index in [1.165, 1.54) is 19.3 Å². The first-order valence-corrected chi connectivity index (χ1v) is 8.64. The van der Waals surface area contributed by atoms with Gasteiger partial charge >= 0.3 is 0 Å². The number of nitrogens with one attached hydrogen (secondary N) is 1. The highest BCUT2D eigenvalue weighted by molar-refractivity contribution is 5.94. The number of anilines is 1. The van der Waals surface area contributed by atoms with Gasteiger partial charge in [0.25, 0.3) is 0 Å². The van der Waals surface area contributed by atoms with Gasteiger partial charge in [-0.05, 0) is 38.5 Å². The predicted octanol–water partition coefficient (Wildman–Crippen LogP) is 2.74. The van der Waals surface area contributed by atoms with E-state index in [9.17, 15) is 9.59 Å². The summed E-state index contributed by atoms with van der Waals surface area (Å²) in [6.07, 6.45) is 7.72. The Morgan fingerprint density at radius 3 is 2.61 bits per heavy atom. The number of carbonyl (C=O) groups is 2. The van der Waals surface area contributed by atoms with Gasteiger partial charge in [0.15, 0.2) is 5.82 Å². The van der Waals surface area contributed by atoms with Crippen LogP contribution in [0, 0.1) is 18.8 Å². The molecule has 1 aromatic rings. The molecule has 0 atom stereocenters. The maximum Gasteiger partial charge on any atom is 0.245 e. The van der Waals surface area contributed by atoms with Crippen LogP contribution in [-0.4, -0.2) is 35.0 Å². The van der Waals surface area contributed by atoms with Gasteiger partial charge in [0.2, 0.25) is 11.8 Å². The molecule has 2 aliphatic rings. The Bertz CT molecular complexity index is 559. The molecule has 2 amide bonds. The van der Waals surface area contributed by atoms with Crippen molar-refractivity contribution < 1.29 is 14.1 Å². The first-order chi connectivity index (χ1) is 11.1. The Hall–Kier alpha value is -1.85. The molecule has 2 saturated carbocycles. The number of aromatic nitrogens is 1. The van der Waals surface area contributed by atoms with Gasteiger partial charge in [0, 0.05) is 18.5 Å². The zero-order chi connectivity index (χ0) is 16.2. The van der Waals surface area contributed by atoms with Crippen molar-refractivity contribution in [2.24, 2.45) is 11.8 Å². The molecular formula is C17H25N3O3. The highest BCUT2D eigenvalue weighted by atomic mass is 16.5. The molecule has 0 unspecified atom stereocenters. The molecule has 0 aromatic carbocycles. The Morgan fingerprint density at radius 2 is 2.00 bits per heavy atom. The van der Waals surface area contributed by atoms with Crippen LogP contribution >= 0.6 is 0 Å². The molecule has 0 aliphatic heterocycles. The Balaban J connectivity index is 1.58. The van der Waals surface area contributed by atoms with Crippen molar-refractivity contribution in [3.63, 3.8) is 0 Å². The molecule has 3 rings (SSSR count). The third kappa shape index (κ3) is 4.56. The number of hydrogen-bond acceptors (Lipinski definition) is 4. The first-order valence-electron chi connectivity index (χ1n) is 8.64. The number of amides is 2. The van der Waals surface area contributed by atoms with Crippen LogP contribution in [0.5, 0.6) is 0 Å². The monoisotopic (exact) mass is 319 g/mol. The summed E-state index contributed by atoms with van der Waals surface area (Å²) in [6, 6.07) is 1.67. The number of rotatable bonds is 6. The van der Waals surface area contributed by atoms with Crippen LogP contribution in [-0.2, 0) is 9.59 Å². The zero-order valence-corrected chi connectivity index (χ0v) is 13.7. The summed E-state index contributed by atoms with van der Waals surface area (Å²) in [5.41, 5.74) is 0. The lowest BCUT2D eigenvalue weighted by molar-refractivity contribution is -0.139. The number of nitrogens with zero attached hydrogens (tertiary/aromatic N) is 2. The van der Waals surface area contributed by atoms with E-state index in [1.807, 2.05) is 0 Å². The van der Waals surface area contributed by atoms with Crippen LogP contribution in [0.3, 0.4) is 0 Å². The second-order valence-electron chi connectivity index (χ2n) is 6.87. The van der Waals surface area contributed by atoms with E-state index in [4.69, 9.17) is 4.52 Å². The van der Waals surface area contributed by atoms with Crippen LogP contribution in [0.25, 0.3) is 0 Å². The van der Waals surface area contributed by atoms with Crippen LogP contribution in [0.2, 0.25) is 0 Å². The van der Waals surface area contributed by atoms with Gasteiger partial charge in [-0.25, -0.2) is 0 Å². The van der Waals surface area contributed by atoms with Gasteiger partial charge in [0.05, 0.1) is 6.54 Å². The van der Waals surface area contributed by atoms with Crippen LogP contribution in [0.4, 0.5) is 5.82 Å². The van der Waals surface area contributed by atoms with E-state index in [0.717, 1.165) is 25.7 Å². The maximum absolute atomic E-state index is 12.8. The molecule has 23 heavy (non-hydrogen) atoms. The van der Waals surface area contributed by atoms with Crippen LogP contribution in [0.1, 0.15) is 50.7 Å². The average molecular weight is 319 g/mol. The van der Waals surface area contributed by atoms with Crippen molar-refractivity contribution >= 4 is 17.6 Å². The maximum atomic E-state index is 12.8. The molecule has 6 nitrogen and oxygen atoms in total. The smallest absolute Gasteiger partial charge is 0.245 e. The lowest BCUT2D eigenvalue weighted by Crippen LogP contribution is -2.43. The molecule has 0 spiro atoms. The Kier molecular flexibility index (Phi) is 4.98. The largest absolute Gasteiger partial charge is 0.360 e. The fraction of sp³-hybridized carbons (Fsp3) is 0.706. The molecule has 2 fully saturated rings. The van der Waals surface area contributed by atoms with Gasteiger partial charge < -0.3 is 14.7 Å². The average Bonchev–Trinajstić information content (AvgIpc) is 3.27. The summed E-state index contributed by atoms with van der Waals surface area (Å²) in [5.74, 6) is 1.68. The van der Waals surface area contributed by atoms with Gasteiger partial charge in [-0.15, -0.1) is 0 Å². The van der Waals surface area contributed by atoms with Crippen molar-refractivity contribution in [3.8, 4) is 0 Å². The number of aryl methyl sites for hydroxylation is 1. The Labute approximate surface area is 136 Å². The molecule has 1 N–H and O–H groups in total. The van der Waals surface area contributed by atoms with Crippen LogP contribution < -0.4 is 5.32 Å². The van der Waals surface area contributed by atoms with Crippen molar-refractivity contribution in [2.75, 3.05) is 18.4 Å². The van der Waals surface area contributed by atoms with E-state index in [1.54, 1.807) is 17.9 Å². The Morgan fingerprint density at radius 1 is 1.26 bits per heavy atom. The van der Waals surface area contributed by atoms with E-state index >= 15 is 0 Å². The van der Waals surface area contributed by atoms with Gasteiger partial charge in [-0.3, -0.25) is 9.59 Å². The lowest BCUT2D eigenvalue weighted by atomic mass is 9.88. The highest BCUT2D eigenvalue weighted by Crippen LogP contribution is 2.31. The summed E-state index contributed by atoms with van der Waals surface area (Å²) >= 11 is 0. The number of hydrogen-bond donors (Lipinski definition) is 1. The summed E-state index contributed by atoms with van der Waals surface area (Å²) in [4.78, 5) is 26.8. The highest BCUT2D eigenvalue weighted by Gasteiger charge is 2.32. The van der Waals surface area contributed by atoms with Gasteiger partial charge in [0.1, 0.15) is 5.76 Å². The predicted molar refractivity (Wildman–Crippen MR) is 85.7 cm³/mol. The van der Waals surface area contributed by atoms with E-state index in [-0.39, 0.29) is 24.3 Å². The molecule has 1 heterocycles. The summed E-state index contributed by atoms with van der Waals surface area (Å²) in [7, 11) is 0. The van der Waals surface area contributed by atoms with E-state index in [2.05, 4.69) is 10.5 Å². The fourth-order valence-corrected chi connectivity index (χ4v) is 3.23. The molecule has 0 bridgehead atoms. The molecular weight excluding hydrogens is 294 g/mol. The van der Waals surface area contributed by atoms with E-state index < -0.39 is 0 Å². The zero-order valence-electron chi connectivity index (χ0n) is 13.7. The minimum Gasteiger partial charge on any atom is -0.360 e. The third-order valence-electron chi connectivity index (χ3n) is 4.67. The van der Waals surface area contributed by atoms with Crippen molar-refractivity contribution in [2.45, 2.75) is 51.9 Å². The second kappa shape index (κ2) is 7.15.